The number of nitrogens with zero attached hydrogens (tertiary/aromatic N) is 4. The third-order valence-electron chi connectivity index (χ3n) is 3.33. The van der Waals surface area contributed by atoms with E-state index in [1.165, 1.54) is 10.7 Å². The van der Waals surface area contributed by atoms with Crippen molar-refractivity contribution in [2.24, 2.45) is 7.05 Å². The van der Waals surface area contributed by atoms with Crippen molar-refractivity contribution >= 4 is 11.3 Å². The molecule has 3 heterocycles. The van der Waals surface area contributed by atoms with Crippen molar-refractivity contribution in [3.63, 3.8) is 0 Å². The van der Waals surface area contributed by atoms with Gasteiger partial charge in [-0.1, -0.05) is 0 Å². The number of fused-ring (bicyclic) bond motifs is 1. The van der Waals surface area contributed by atoms with Crippen LogP contribution >= 0.6 is 0 Å². The lowest BCUT2D eigenvalue weighted by atomic mass is 10.1. The predicted molar refractivity (Wildman–Crippen MR) is 74.2 cm³/mol. The third kappa shape index (κ3) is 1.95. The van der Waals surface area contributed by atoms with Crippen molar-refractivity contribution in [3.05, 3.63) is 47.5 Å². The fraction of sp³-hybridized carbons (Fsp3) is 0.214. The van der Waals surface area contributed by atoms with E-state index in [0.29, 0.717) is 17.8 Å². The summed E-state index contributed by atoms with van der Waals surface area (Å²) < 4.78 is 3.35. The van der Waals surface area contributed by atoms with Crippen molar-refractivity contribution in [2.45, 2.75) is 13.3 Å². The summed E-state index contributed by atoms with van der Waals surface area (Å²) in [5, 5.41) is 14.4. The number of anilines is 1. The molecule has 0 aliphatic rings. The summed E-state index contributed by atoms with van der Waals surface area (Å²) in [5.74, 6) is 0.0932. The normalized spacial score (nSPS) is 11.1. The van der Waals surface area contributed by atoms with Crippen molar-refractivity contribution < 1.29 is 9.67 Å². The fourth-order valence-electron chi connectivity index (χ4n) is 2.30. The van der Waals surface area contributed by atoms with Crippen LogP contribution in [0.5, 0.6) is 5.88 Å². The van der Waals surface area contributed by atoms with E-state index in [1.54, 1.807) is 0 Å². The molecule has 3 rings (SSSR count). The molecule has 0 saturated carbocycles. The number of hydrogen-bond acceptors (Lipinski definition) is 4. The molecule has 0 amide bonds. The molecule has 0 spiro atoms. The fourth-order valence-corrected chi connectivity index (χ4v) is 2.30. The first-order chi connectivity index (χ1) is 9.56. The van der Waals surface area contributed by atoms with E-state index in [4.69, 9.17) is 5.73 Å². The van der Waals surface area contributed by atoms with Gasteiger partial charge in [-0.05, 0) is 13.0 Å². The molecule has 20 heavy (non-hydrogen) atoms. The number of pyridine rings is 1. The van der Waals surface area contributed by atoms with E-state index in [0.717, 1.165) is 16.8 Å². The minimum atomic E-state index is 0.0932. The van der Waals surface area contributed by atoms with Crippen molar-refractivity contribution in [1.29, 1.82) is 0 Å². The number of nitrogens with two attached hydrogens (primary N) is 1. The predicted octanol–water partition coefficient (Wildman–Crippen LogP) is 0.741. The van der Waals surface area contributed by atoms with Gasteiger partial charge >= 0.3 is 0 Å². The smallest absolute Gasteiger partial charge is 0.219 e. The quantitative estimate of drug-likeness (QED) is 0.673. The maximum absolute atomic E-state index is 10.4. The van der Waals surface area contributed by atoms with Crippen LogP contribution in [-0.4, -0.2) is 19.7 Å². The van der Waals surface area contributed by atoms with Gasteiger partial charge in [0.25, 0.3) is 0 Å². The average Bonchev–Trinajstić information content (AvgIpc) is 2.77. The Morgan fingerprint density at radius 2 is 2.25 bits per heavy atom. The second-order valence-corrected chi connectivity index (χ2v) is 4.89. The molecule has 0 unspecified atom stereocenters. The summed E-state index contributed by atoms with van der Waals surface area (Å²) in [5.41, 5.74) is 9.33. The second kappa shape index (κ2) is 4.48. The SMILES string of the molecule is Cc1nc2c(N)cnn2c(O)c1Cc1ccc[n+](C)c1. The molecule has 0 aliphatic heterocycles. The Bertz CT molecular complexity index is 794. The summed E-state index contributed by atoms with van der Waals surface area (Å²) in [4.78, 5) is 4.42. The lowest BCUT2D eigenvalue weighted by molar-refractivity contribution is -0.671. The summed E-state index contributed by atoms with van der Waals surface area (Å²) >= 11 is 0. The Kier molecular flexibility index (Phi) is 2.78. The number of hydrogen-bond donors (Lipinski definition) is 2. The molecule has 0 aromatic carbocycles. The van der Waals surface area contributed by atoms with Crippen LogP contribution in [0, 0.1) is 6.92 Å². The summed E-state index contributed by atoms with van der Waals surface area (Å²) in [6.45, 7) is 1.87. The van der Waals surface area contributed by atoms with Gasteiger partial charge in [0.15, 0.2) is 18.0 Å². The summed E-state index contributed by atoms with van der Waals surface area (Å²) in [6, 6.07) is 3.99. The average molecular weight is 270 g/mol. The van der Waals surface area contributed by atoms with E-state index in [-0.39, 0.29) is 5.88 Å². The number of aromatic nitrogens is 4. The second-order valence-electron chi connectivity index (χ2n) is 4.89. The highest BCUT2D eigenvalue weighted by molar-refractivity contribution is 5.65. The molecule has 102 valence electrons. The molecular formula is C14H16N5O+. The minimum absolute atomic E-state index is 0.0932. The first-order valence-electron chi connectivity index (χ1n) is 6.32. The van der Waals surface area contributed by atoms with Gasteiger partial charge in [-0.25, -0.2) is 9.55 Å². The van der Waals surface area contributed by atoms with Gasteiger partial charge in [0.1, 0.15) is 7.05 Å². The molecular weight excluding hydrogens is 254 g/mol. The highest BCUT2D eigenvalue weighted by Gasteiger charge is 2.15. The maximum Gasteiger partial charge on any atom is 0.219 e. The monoisotopic (exact) mass is 270 g/mol. The van der Waals surface area contributed by atoms with E-state index in [9.17, 15) is 5.11 Å². The Morgan fingerprint density at radius 1 is 1.45 bits per heavy atom. The van der Waals surface area contributed by atoms with E-state index < -0.39 is 0 Å². The van der Waals surface area contributed by atoms with Crippen LogP contribution in [0.1, 0.15) is 16.8 Å². The van der Waals surface area contributed by atoms with E-state index >= 15 is 0 Å². The highest BCUT2D eigenvalue weighted by atomic mass is 16.3. The van der Waals surface area contributed by atoms with Gasteiger partial charge in [0, 0.05) is 29.3 Å². The number of aryl methyl sites for hydroxylation is 2. The van der Waals surface area contributed by atoms with Crippen LogP contribution in [0.25, 0.3) is 5.65 Å². The van der Waals surface area contributed by atoms with Crippen LogP contribution in [-0.2, 0) is 13.5 Å². The van der Waals surface area contributed by atoms with Gasteiger partial charge in [0.05, 0.1) is 11.9 Å². The molecule has 0 saturated heterocycles. The van der Waals surface area contributed by atoms with E-state index in [1.807, 2.05) is 43.1 Å². The Hall–Kier alpha value is -2.63. The zero-order valence-corrected chi connectivity index (χ0v) is 11.4. The van der Waals surface area contributed by atoms with Crippen LogP contribution in [0.3, 0.4) is 0 Å². The summed E-state index contributed by atoms with van der Waals surface area (Å²) in [6.07, 6.45) is 6.06. The third-order valence-corrected chi connectivity index (χ3v) is 3.33. The standard InChI is InChI=1S/C14H15N5O/c1-9-11(6-10-4-3-5-18(2)8-10)14(20)19-13(17-9)12(15)7-16-19/h3-5,7-8H,6,15H2,1-2H3/p+1. The highest BCUT2D eigenvalue weighted by Crippen LogP contribution is 2.25. The molecule has 3 N–H and O–H groups in total. The topological polar surface area (TPSA) is 80.3 Å². The minimum Gasteiger partial charge on any atom is -0.493 e. The Morgan fingerprint density at radius 3 is 3.00 bits per heavy atom. The molecule has 3 aromatic heterocycles. The zero-order valence-electron chi connectivity index (χ0n) is 11.4. The van der Waals surface area contributed by atoms with Crippen molar-refractivity contribution in [3.8, 4) is 5.88 Å². The first kappa shape index (κ1) is 12.4. The molecule has 0 aliphatic carbocycles. The zero-order chi connectivity index (χ0) is 14.3. The molecule has 0 bridgehead atoms. The van der Waals surface area contributed by atoms with Gasteiger partial charge < -0.3 is 10.8 Å². The van der Waals surface area contributed by atoms with Gasteiger partial charge in [-0.3, -0.25) is 0 Å². The van der Waals surface area contributed by atoms with Crippen molar-refractivity contribution in [1.82, 2.24) is 14.6 Å². The molecule has 0 radical (unpaired) electrons. The summed E-state index contributed by atoms with van der Waals surface area (Å²) in [7, 11) is 1.96. The Labute approximate surface area is 116 Å². The van der Waals surface area contributed by atoms with Gasteiger partial charge in [-0.2, -0.15) is 9.61 Å². The largest absolute Gasteiger partial charge is 0.493 e. The van der Waals surface area contributed by atoms with Crippen molar-refractivity contribution in [2.75, 3.05) is 5.73 Å². The van der Waals surface area contributed by atoms with Crippen LogP contribution < -0.4 is 10.3 Å². The number of rotatable bonds is 2. The van der Waals surface area contributed by atoms with Crippen LogP contribution in [0.15, 0.2) is 30.7 Å². The maximum atomic E-state index is 10.4. The molecule has 6 heteroatoms. The van der Waals surface area contributed by atoms with E-state index in [2.05, 4.69) is 10.1 Å². The molecule has 6 nitrogen and oxygen atoms in total. The van der Waals surface area contributed by atoms with Crippen LogP contribution in [0.4, 0.5) is 5.69 Å². The Balaban J connectivity index is 2.12. The van der Waals surface area contributed by atoms with Gasteiger partial charge in [0.2, 0.25) is 5.88 Å². The lowest BCUT2D eigenvalue weighted by Gasteiger charge is -2.09. The molecule has 0 atom stereocenters. The molecule has 3 aromatic rings. The first-order valence-corrected chi connectivity index (χ1v) is 6.32. The molecule has 0 fully saturated rings. The number of aromatic hydroxyl groups is 1. The lowest BCUT2D eigenvalue weighted by Crippen LogP contribution is -2.26. The van der Waals surface area contributed by atoms with Gasteiger partial charge in [-0.15, -0.1) is 0 Å². The number of nitrogen functional groups attached to an aromatic ring is 1. The van der Waals surface area contributed by atoms with Crippen LogP contribution in [0.2, 0.25) is 0 Å².